The standard InChI is InChI=1S/C20H17F2NO3/c1-13-11-15(12-14(2)19(13)26-20(21)22)3-8-18(24)16-4-6-17(7-5-16)25-10-9-23/h3-8,11-12,20H,10H2,1-2H3/b8-3+. The van der Waals surface area contributed by atoms with E-state index in [1.165, 1.54) is 6.08 Å². The summed E-state index contributed by atoms with van der Waals surface area (Å²) in [5, 5.41) is 8.46. The molecule has 0 amide bonds. The normalized spacial score (nSPS) is 10.8. The molecule has 0 heterocycles. The van der Waals surface area contributed by atoms with Crippen LogP contribution in [0.4, 0.5) is 8.78 Å². The summed E-state index contributed by atoms with van der Waals surface area (Å²) in [6, 6.07) is 11.7. The topological polar surface area (TPSA) is 59.3 Å². The summed E-state index contributed by atoms with van der Waals surface area (Å²) in [6.07, 6.45) is 3.03. The van der Waals surface area contributed by atoms with Crippen molar-refractivity contribution in [2.75, 3.05) is 6.61 Å². The maximum absolute atomic E-state index is 12.4. The molecule has 0 N–H and O–H groups in total. The predicted molar refractivity (Wildman–Crippen MR) is 93.5 cm³/mol. The Hall–Kier alpha value is -3.20. The van der Waals surface area contributed by atoms with Crippen LogP contribution in [0.3, 0.4) is 0 Å². The summed E-state index contributed by atoms with van der Waals surface area (Å²) in [4.78, 5) is 12.2. The van der Waals surface area contributed by atoms with Gasteiger partial charge in [-0.2, -0.15) is 14.0 Å². The van der Waals surface area contributed by atoms with Crippen molar-refractivity contribution in [1.29, 1.82) is 5.26 Å². The van der Waals surface area contributed by atoms with Gasteiger partial charge >= 0.3 is 6.61 Å². The Labute approximate surface area is 150 Å². The van der Waals surface area contributed by atoms with Crippen LogP contribution in [0, 0.1) is 25.2 Å². The van der Waals surface area contributed by atoms with E-state index in [9.17, 15) is 13.6 Å². The minimum absolute atomic E-state index is 0.0584. The molecule has 2 aromatic rings. The van der Waals surface area contributed by atoms with Gasteiger partial charge in [-0.3, -0.25) is 4.79 Å². The summed E-state index contributed by atoms with van der Waals surface area (Å²) in [7, 11) is 0. The Balaban J connectivity index is 2.11. The van der Waals surface area contributed by atoms with E-state index in [1.807, 2.05) is 6.07 Å². The lowest BCUT2D eigenvalue weighted by molar-refractivity contribution is -0.0507. The Morgan fingerprint density at radius 3 is 2.35 bits per heavy atom. The van der Waals surface area contributed by atoms with Gasteiger partial charge in [0, 0.05) is 5.56 Å². The van der Waals surface area contributed by atoms with Crippen molar-refractivity contribution in [3.63, 3.8) is 0 Å². The molecule has 0 aromatic heterocycles. The van der Waals surface area contributed by atoms with E-state index in [0.29, 0.717) is 28.0 Å². The third-order valence-electron chi connectivity index (χ3n) is 3.56. The van der Waals surface area contributed by atoms with Crippen LogP contribution in [0.2, 0.25) is 0 Å². The number of allylic oxidation sites excluding steroid dienone is 1. The first-order valence-corrected chi connectivity index (χ1v) is 7.79. The Morgan fingerprint density at radius 2 is 1.81 bits per heavy atom. The molecule has 0 spiro atoms. The molecule has 0 saturated carbocycles. The lowest BCUT2D eigenvalue weighted by Crippen LogP contribution is -2.05. The van der Waals surface area contributed by atoms with Crippen LogP contribution in [-0.4, -0.2) is 19.0 Å². The van der Waals surface area contributed by atoms with Crippen molar-refractivity contribution in [3.05, 3.63) is 64.7 Å². The van der Waals surface area contributed by atoms with Crippen molar-refractivity contribution in [3.8, 4) is 17.6 Å². The molecule has 26 heavy (non-hydrogen) atoms. The maximum Gasteiger partial charge on any atom is 0.387 e. The van der Waals surface area contributed by atoms with E-state index >= 15 is 0 Å². The van der Waals surface area contributed by atoms with E-state index in [1.54, 1.807) is 56.3 Å². The van der Waals surface area contributed by atoms with Crippen molar-refractivity contribution in [2.24, 2.45) is 0 Å². The van der Waals surface area contributed by atoms with Gasteiger partial charge in [-0.25, -0.2) is 0 Å². The highest BCUT2D eigenvalue weighted by molar-refractivity contribution is 6.06. The molecule has 0 atom stereocenters. The molecular formula is C20H17F2NO3. The highest BCUT2D eigenvalue weighted by Crippen LogP contribution is 2.27. The molecule has 0 fully saturated rings. The number of alkyl halides is 2. The molecule has 0 aliphatic rings. The highest BCUT2D eigenvalue weighted by Gasteiger charge is 2.11. The van der Waals surface area contributed by atoms with E-state index in [0.717, 1.165) is 0 Å². The van der Waals surface area contributed by atoms with Gasteiger partial charge in [0.2, 0.25) is 0 Å². The second-order valence-electron chi connectivity index (χ2n) is 5.53. The average Bonchev–Trinajstić information content (AvgIpc) is 2.61. The van der Waals surface area contributed by atoms with Crippen molar-refractivity contribution >= 4 is 11.9 Å². The Morgan fingerprint density at radius 1 is 1.19 bits per heavy atom. The quantitative estimate of drug-likeness (QED) is 0.532. The molecule has 0 aliphatic carbocycles. The number of aryl methyl sites for hydroxylation is 2. The van der Waals surface area contributed by atoms with Crippen LogP contribution < -0.4 is 9.47 Å². The molecule has 0 unspecified atom stereocenters. The molecule has 0 aliphatic heterocycles. The van der Waals surface area contributed by atoms with Gasteiger partial charge < -0.3 is 9.47 Å². The fourth-order valence-corrected chi connectivity index (χ4v) is 2.45. The summed E-state index contributed by atoms with van der Waals surface area (Å²) in [5.41, 5.74) is 2.31. The molecule has 0 bridgehead atoms. The fraction of sp³-hybridized carbons (Fsp3) is 0.200. The third-order valence-corrected chi connectivity index (χ3v) is 3.56. The number of nitrogens with zero attached hydrogens (tertiary/aromatic N) is 1. The molecule has 2 aromatic carbocycles. The zero-order valence-corrected chi connectivity index (χ0v) is 14.3. The molecular weight excluding hydrogens is 340 g/mol. The van der Waals surface area contributed by atoms with Crippen LogP contribution in [0.1, 0.15) is 27.0 Å². The van der Waals surface area contributed by atoms with Crippen LogP contribution >= 0.6 is 0 Å². The third kappa shape index (κ3) is 5.15. The van der Waals surface area contributed by atoms with Crippen LogP contribution in [-0.2, 0) is 0 Å². The van der Waals surface area contributed by atoms with Gasteiger partial charge in [-0.1, -0.05) is 6.08 Å². The molecule has 4 nitrogen and oxygen atoms in total. The van der Waals surface area contributed by atoms with Gasteiger partial charge in [0.05, 0.1) is 0 Å². The number of hydrogen-bond donors (Lipinski definition) is 0. The average molecular weight is 357 g/mol. The lowest BCUT2D eigenvalue weighted by Gasteiger charge is -2.12. The van der Waals surface area contributed by atoms with E-state index < -0.39 is 6.61 Å². The van der Waals surface area contributed by atoms with Crippen molar-refractivity contribution < 1.29 is 23.0 Å². The van der Waals surface area contributed by atoms with Crippen molar-refractivity contribution in [2.45, 2.75) is 20.5 Å². The zero-order chi connectivity index (χ0) is 19.1. The molecule has 134 valence electrons. The zero-order valence-electron chi connectivity index (χ0n) is 14.3. The number of ether oxygens (including phenoxy) is 2. The van der Waals surface area contributed by atoms with Gasteiger partial charge in [-0.05, 0) is 73.0 Å². The lowest BCUT2D eigenvalue weighted by atomic mass is 10.0. The fourth-order valence-electron chi connectivity index (χ4n) is 2.45. The second-order valence-corrected chi connectivity index (χ2v) is 5.53. The Kier molecular flexibility index (Phi) is 6.45. The number of hydrogen-bond acceptors (Lipinski definition) is 4. The largest absolute Gasteiger partial charge is 0.479 e. The van der Waals surface area contributed by atoms with Gasteiger partial charge in [-0.15, -0.1) is 0 Å². The summed E-state index contributed by atoms with van der Waals surface area (Å²) >= 11 is 0. The second kappa shape index (κ2) is 8.77. The van der Waals surface area contributed by atoms with Crippen molar-refractivity contribution in [1.82, 2.24) is 0 Å². The monoisotopic (exact) mass is 357 g/mol. The summed E-state index contributed by atoms with van der Waals surface area (Å²) < 4.78 is 34.5. The first-order valence-electron chi connectivity index (χ1n) is 7.79. The first-order chi connectivity index (χ1) is 12.4. The number of carbonyl (C=O) groups is 1. The van der Waals surface area contributed by atoms with Gasteiger partial charge in [0.1, 0.15) is 17.6 Å². The van der Waals surface area contributed by atoms with Crippen LogP contribution in [0.25, 0.3) is 6.08 Å². The molecule has 0 radical (unpaired) electrons. The van der Waals surface area contributed by atoms with E-state index in [4.69, 9.17) is 10.00 Å². The maximum atomic E-state index is 12.4. The molecule has 2 rings (SSSR count). The minimum atomic E-state index is -2.88. The molecule has 0 saturated heterocycles. The van der Waals surface area contributed by atoms with Crippen LogP contribution in [0.5, 0.6) is 11.5 Å². The van der Waals surface area contributed by atoms with Gasteiger partial charge in [0.15, 0.2) is 12.4 Å². The minimum Gasteiger partial charge on any atom is -0.479 e. The number of benzene rings is 2. The predicted octanol–water partition coefficient (Wildman–Crippen LogP) is 4.70. The number of halogens is 2. The summed E-state index contributed by atoms with van der Waals surface area (Å²) in [6.45, 7) is 0.403. The number of nitriles is 1. The van der Waals surface area contributed by atoms with E-state index in [2.05, 4.69) is 4.74 Å². The highest BCUT2D eigenvalue weighted by atomic mass is 19.3. The van der Waals surface area contributed by atoms with Gasteiger partial charge in [0.25, 0.3) is 0 Å². The molecule has 6 heteroatoms. The van der Waals surface area contributed by atoms with Crippen LogP contribution in [0.15, 0.2) is 42.5 Å². The smallest absolute Gasteiger partial charge is 0.387 e. The number of ketones is 1. The Bertz CT molecular complexity index is 829. The number of carbonyl (C=O) groups excluding carboxylic acids is 1. The number of rotatable bonds is 7. The SMILES string of the molecule is Cc1cc(/C=C/C(=O)c2ccc(OCC#N)cc2)cc(C)c1OC(F)F. The summed E-state index contributed by atoms with van der Waals surface area (Å²) in [5.74, 6) is 0.449. The van der Waals surface area contributed by atoms with E-state index in [-0.39, 0.29) is 18.1 Å². The first kappa shape index (κ1) is 19.1.